The normalized spacial score (nSPS) is 9.88. The highest BCUT2D eigenvalue weighted by Gasteiger charge is 2.18. The van der Waals surface area contributed by atoms with Crippen LogP contribution in [-0.4, -0.2) is 11.1 Å². The Morgan fingerprint density at radius 1 is 1.38 bits per heavy atom. The lowest BCUT2D eigenvalue weighted by atomic mass is 9.98. The van der Waals surface area contributed by atoms with Crippen molar-refractivity contribution in [3.05, 3.63) is 0 Å². The zero-order valence-corrected chi connectivity index (χ0v) is 6.98. The molecular weight excluding hydrogens is 123 g/mol. The van der Waals surface area contributed by atoms with E-state index in [9.17, 15) is 4.79 Å². The molecule has 0 rings (SSSR count). The molecule has 50 valence electrons. The summed E-state index contributed by atoms with van der Waals surface area (Å²) in [5, 5.41) is 8.25. The lowest BCUT2D eigenvalue weighted by Crippen LogP contribution is -2.18. The second-order valence-electron chi connectivity index (χ2n) is 2.56. The van der Waals surface area contributed by atoms with Crippen LogP contribution >= 0.6 is 9.90 Å². The molecule has 8 heavy (non-hydrogen) atoms. The standard InChI is InChI=1S/C5H10O2.H3P/c1-5(2,3)4(6)7;/h1-3H3,(H,6,7);1H3. The summed E-state index contributed by atoms with van der Waals surface area (Å²) in [6.45, 7) is 4.99. The van der Waals surface area contributed by atoms with E-state index in [0.29, 0.717) is 0 Å². The summed E-state index contributed by atoms with van der Waals surface area (Å²) < 4.78 is 0. The largest absolute Gasteiger partial charge is 0.481 e. The average Bonchev–Trinajstić information content (AvgIpc) is 1.31. The van der Waals surface area contributed by atoms with Crippen molar-refractivity contribution in [1.82, 2.24) is 0 Å². The Morgan fingerprint density at radius 3 is 1.50 bits per heavy atom. The number of aliphatic carboxylic acids is 1. The molecule has 0 aromatic heterocycles. The minimum Gasteiger partial charge on any atom is -0.481 e. The van der Waals surface area contributed by atoms with E-state index in [1.165, 1.54) is 0 Å². The van der Waals surface area contributed by atoms with Crippen molar-refractivity contribution >= 4 is 15.9 Å². The third-order valence-corrected chi connectivity index (χ3v) is 0.642. The van der Waals surface area contributed by atoms with Crippen molar-refractivity contribution in [2.45, 2.75) is 20.8 Å². The molecule has 1 N–H and O–H groups in total. The maximum Gasteiger partial charge on any atom is 0.308 e. The fraction of sp³-hybridized carbons (Fsp3) is 0.800. The Balaban J connectivity index is 0. The Labute approximate surface area is 52.9 Å². The molecule has 0 aliphatic heterocycles. The topological polar surface area (TPSA) is 37.3 Å². The van der Waals surface area contributed by atoms with Crippen LogP contribution in [0.25, 0.3) is 0 Å². The van der Waals surface area contributed by atoms with Gasteiger partial charge in [0.1, 0.15) is 0 Å². The zero-order chi connectivity index (χ0) is 6.08. The fourth-order valence-electron chi connectivity index (χ4n) is 0. The van der Waals surface area contributed by atoms with Gasteiger partial charge >= 0.3 is 5.97 Å². The minimum absolute atomic E-state index is 0. The molecule has 0 aromatic rings. The van der Waals surface area contributed by atoms with Crippen molar-refractivity contribution < 1.29 is 9.90 Å². The van der Waals surface area contributed by atoms with Crippen molar-refractivity contribution in [1.29, 1.82) is 0 Å². The zero-order valence-electron chi connectivity index (χ0n) is 5.56. The van der Waals surface area contributed by atoms with Gasteiger partial charge in [0.25, 0.3) is 0 Å². The van der Waals surface area contributed by atoms with E-state index in [1.54, 1.807) is 20.8 Å². The molecule has 0 saturated carbocycles. The molecule has 0 saturated heterocycles. The third kappa shape index (κ3) is 4.07. The first kappa shape index (κ1) is 10.8. The fourth-order valence-corrected chi connectivity index (χ4v) is 0. The van der Waals surface area contributed by atoms with Crippen molar-refractivity contribution in [2.75, 3.05) is 0 Å². The lowest BCUT2D eigenvalue weighted by Gasteiger charge is -2.08. The molecule has 1 atom stereocenters. The van der Waals surface area contributed by atoms with Gasteiger partial charge in [-0.3, -0.25) is 4.79 Å². The molecule has 1 unspecified atom stereocenters. The number of carboxylic acid groups (broad SMARTS) is 1. The summed E-state index contributed by atoms with van der Waals surface area (Å²) in [4.78, 5) is 10.0. The molecule has 0 radical (unpaired) electrons. The van der Waals surface area contributed by atoms with Crippen LogP contribution < -0.4 is 0 Å². The Bertz CT molecular complexity index is 82.9. The maximum absolute atomic E-state index is 10.0. The van der Waals surface area contributed by atoms with Crippen LogP contribution in [0.3, 0.4) is 0 Å². The van der Waals surface area contributed by atoms with Gasteiger partial charge in [0, 0.05) is 0 Å². The molecule has 0 spiro atoms. The van der Waals surface area contributed by atoms with Crippen LogP contribution in [0.15, 0.2) is 0 Å². The van der Waals surface area contributed by atoms with Crippen LogP contribution in [0.2, 0.25) is 0 Å². The van der Waals surface area contributed by atoms with Gasteiger partial charge < -0.3 is 5.11 Å². The molecule has 3 heteroatoms. The molecule has 2 nitrogen and oxygen atoms in total. The summed E-state index contributed by atoms with van der Waals surface area (Å²) in [6.07, 6.45) is 0. The van der Waals surface area contributed by atoms with E-state index >= 15 is 0 Å². The predicted octanol–water partition coefficient (Wildman–Crippen LogP) is 1.18. The second-order valence-corrected chi connectivity index (χ2v) is 2.56. The quantitative estimate of drug-likeness (QED) is 0.507. The third-order valence-electron chi connectivity index (χ3n) is 0.642. The lowest BCUT2D eigenvalue weighted by molar-refractivity contribution is -0.145. The van der Waals surface area contributed by atoms with Gasteiger partial charge in [0.15, 0.2) is 0 Å². The average molecular weight is 136 g/mol. The second kappa shape index (κ2) is 3.03. The van der Waals surface area contributed by atoms with Crippen molar-refractivity contribution in [3.63, 3.8) is 0 Å². The number of hydrogen-bond acceptors (Lipinski definition) is 1. The summed E-state index contributed by atoms with van der Waals surface area (Å²) in [5.41, 5.74) is -0.583. The SMILES string of the molecule is CC(C)(C)C(=O)O.P. The minimum atomic E-state index is -0.757. The molecule has 0 aliphatic carbocycles. The smallest absolute Gasteiger partial charge is 0.308 e. The molecule has 0 amide bonds. The van der Waals surface area contributed by atoms with Crippen LogP contribution in [0, 0.1) is 5.41 Å². The number of rotatable bonds is 0. The predicted molar refractivity (Wildman–Crippen MR) is 38.2 cm³/mol. The van der Waals surface area contributed by atoms with Gasteiger partial charge in [0.2, 0.25) is 0 Å². The highest BCUT2D eigenvalue weighted by Crippen LogP contribution is 2.11. The van der Waals surface area contributed by atoms with Crippen molar-refractivity contribution in [3.8, 4) is 0 Å². The van der Waals surface area contributed by atoms with Gasteiger partial charge in [-0.2, -0.15) is 9.90 Å². The molecular formula is C5H13O2P. The van der Waals surface area contributed by atoms with E-state index in [1.807, 2.05) is 0 Å². The Morgan fingerprint density at radius 2 is 1.50 bits per heavy atom. The number of carboxylic acids is 1. The summed E-state index contributed by atoms with van der Waals surface area (Å²) >= 11 is 0. The van der Waals surface area contributed by atoms with Gasteiger partial charge in [-0.1, -0.05) is 0 Å². The summed E-state index contributed by atoms with van der Waals surface area (Å²) in [5.74, 6) is -0.757. The first-order chi connectivity index (χ1) is 2.94. The van der Waals surface area contributed by atoms with E-state index in [-0.39, 0.29) is 9.90 Å². The first-order valence-corrected chi connectivity index (χ1v) is 2.18. The number of hydrogen-bond donors (Lipinski definition) is 1. The van der Waals surface area contributed by atoms with Crippen LogP contribution in [-0.2, 0) is 4.79 Å². The molecule has 0 heterocycles. The van der Waals surface area contributed by atoms with E-state index in [2.05, 4.69) is 0 Å². The first-order valence-electron chi connectivity index (χ1n) is 2.18. The van der Waals surface area contributed by atoms with Crippen LogP contribution in [0.4, 0.5) is 0 Å². The molecule has 0 aliphatic rings. The van der Waals surface area contributed by atoms with Gasteiger partial charge in [-0.05, 0) is 20.8 Å². The van der Waals surface area contributed by atoms with Gasteiger partial charge in [-0.25, -0.2) is 0 Å². The number of carbonyl (C=O) groups is 1. The molecule has 0 aromatic carbocycles. The maximum atomic E-state index is 10.0. The van der Waals surface area contributed by atoms with Crippen molar-refractivity contribution in [2.24, 2.45) is 5.41 Å². The van der Waals surface area contributed by atoms with E-state index < -0.39 is 11.4 Å². The van der Waals surface area contributed by atoms with E-state index in [0.717, 1.165) is 0 Å². The molecule has 0 fully saturated rings. The highest BCUT2D eigenvalue weighted by atomic mass is 31.0. The summed E-state index contributed by atoms with van der Waals surface area (Å²) in [6, 6.07) is 0. The van der Waals surface area contributed by atoms with E-state index in [4.69, 9.17) is 5.11 Å². The highest BCUT2D eigenvalue weighted by molar-refractivity contribution is 6.92. The molecule has 0 bridgehead atoms. The van der Waals surface area contributed by atoms with Gasteiger partial charge in [0.05, 0.1) is 5.41 Å². The Hall–Kier alpha value is -0.100. The van der Waals surface area contributed by atoms with Crippen LogP contribution in [0.5, 0.6) is 0 Å². The van der Waals surface area contributed by atoms with Gasteiger partial charge in [-0.15, -0.1) is 0 Å². The summed E-state index contributed by atoms with van der Waals surface area (Å²) in [7, 11) is 0. The Kier molecular flexibility index (Phi) is 4.10. The van der Waals surface area contributed by atoms with Crippen LogP contribution in [0.1, 0.15) is 20.8 Å². The monoisotopic (exact) mass is 136 g/mol.